The molecule has 1 fully saturated rings. The lowest BCUT2D eigenvalue weighted by molar-refractivity contribution is 0.371. The molecule has 2 aromatic carbocycles. The fourth-order valence-electron chi connectivity index (χ4n) is 3.74. The minimum Gasteiger partial charge on any atom is -0.316 e. The summed E-state index contributed by atoms with van der Waals surface area (Å²) in [5.74, 6) is 1.48. The number of hydrogen-bond donors (Lipinski definition) is 1. The zero-order chi connectivity index (χ0) is 19.3. The summed E-state index contributed by atoms with van der Waals surface area (Å²) in [7, 11) is 0. The van der Waals surface area contributed by atoms with Gasteiger partial charge in [-0.05, 0) is 56.5 Å². The molecule has 0 radical (unpaired) electrons. The molecule has 1 aromatic heterocycles. The Labute approximate surface area is 166 Å². The van der Waals surface area contributed by atoms with Crippen molar-refractivity contribution in [3.63, 3.8) is 0 Å². The summed E-state index contributed by atoms with van der Waals surface area (Å²) in [6.45, 7) is 4.23. The van der Waals surface area contributed by atoms with Crippen molar-refractivity contribution in [2.24, 2.45) is 5.92 Å². The van der Waals surface area contributed by atoms with E-state index in [0.29, 0.717) is 11.5 Å². The van der Waals surface area contributed by atoms with Crippen LogP contribution in [0.1, 0.15) is 29.8 Å². The van der Waals surface area contributed by atoms with Gasteiger partial charge in [0.2, 0.25) is 0 Å². The number of aryl methyl sites for hydroxylation is 1. The van der Waals surface area contributed by atoms with Crippen molar-refractivity contribution in [2.75, 3.05) is 13.1 Å². The van der Waals surface area contributed by atoms with Gasteiger partial charge in [0.25, 0.3) is 0 Å². The van der Waals surface area contributed by atoms with Crippen LogP contribution in [0.2, 0.25) is 0 Å². The predicted molar refractivity (Wildman–Crippen MR) is 112 cm³/mol. The average molecular weight is 368 g/mol. The number of piperidine rings is 1. The third kappa shape index (κ3) is 4.11. The number of nitriles is 1. The summed E-state index contributed by atoms with van der Waals surface area (Å²) in [6, 6.07) is 18.3. The van der Waals surface area contributed by atoms with E-state index in [-0.39, 0.29) is 0 Å². The lowest BCUT2D eigenvalue weighted by atomic mass is 9.95. The van der Waals surface area contributed by atoms with Gasteiger partial charge >= 0.3 is 0 Å². The van der Waals surface area contributed by atoms with Crippen molar-refractivity contribution < 1.29 is 0 Å². The van der Waals surface area contributed by atoms with Gasteiger partial charge in [-0.3, -0.25) is 0 Å². The molecule has 1 unspecified atom stereocenters. The zero-order valence-electron chi connectivity index (χ0n) is 16.2. The van der Waals surface area contributed by atoms with E-state index in [9.17, 15) is 0 Å². The Balaban J connectivity index is 1.74. The van der Waals surface area contributed by atoms with Crippen LogP contribution in [-0.2, 0) is 6.42 Å². The van der Waals surface area contributed by atoms with Gasteiger partial charge in [-0.1, -0.05) is 42.0 Å². The first-order valence-corrected chi connectivity index (χ1v) is 9.87. The molecular formula is C24H24N4. The van der Waals surface area contributed by atoms with E-state index in [1.807, 2.05) is 30.5 Å². The average Bonchev–Trinajstić information content (AvgIpc) is 2.75. The highest BCUT2D eigenvalue weighted by Gasteiger charge is 2.17. The molecule has 140 valence electrons. The molecule has 1 aliphatic heterocycles. The van der Waals surface area contributed by atoms with E-state index in [0.717, 1.165) is 47.7 Å². The summed E-state index contributed by atoms with van der Waals surface area (Å²) in [5, 5.41) is 12.6. The highest BCUT2D eigenvalue weighted by Crippen LogP contribution is 2.31. The molecule has 0 amide bonds. The zero-order valence-corrected chi connectivity index (χ0v) is 16.2. The van der Waals surface area contributed by atoms with E-state index in [1.54, 1.807) is 0 Å². The van der Waals surface area contributed by atoms with Gasteiger partial charge in [0.15, 0.2) is 0 Å². The van der Waals surface area contributed by atoms with Crippen molar-refractivity contribution >= 4 is 0 Å². The van der Waals surface area contributed by atoms with Crippen LogP contribution in [-0.4, -0.2) is 23.1 Å². The van der Waals surface area contributed by atoms with E-state index in [2.05, 4.69) is 42.6 Å². The van der Waals surface area contributed by atoms with E-state index >= 15 is 0 Å². The second-order valence-corrected chi connectivity index (χ2v) is 7.52. The lowest BCUT2D eigenvalue weighted by Gasteiger charge is -2.22. The molecule has 4 nitrogen and oxygen atoms in total. The number of nitrogens with one attached hydrogen (secondary N) is 1. The van der Waals surface area contributed by atoms with E-state index in [1.165, 1.54) is 18.4 Å². The third-order valence-corrected chi connectivity index (χ3v) is 5.36. The van der Waals surface area contributed by atoms with E-state index in [4.69, 9.17) is 15.2 Å². The summed E-state index contributed by atoms with van der Waals surface area (Å²) in [4.78, 5) is 9.67. The van der Waals surface area contributed by atoms with Crippen molar-refractivity contribution in [2.45, 2.75) is 26.2 Å². The molecule has 1 N–H and O–H groups in total. The van der Waals surface area contributed by atoms with Crippen molar-refractivity contribution in [1.82, 2.24) is 15.3 Å². The maximum Gasteiger partial charge on any atom is 0.129 e. The standard InChI is InChI=1S/C24H24N4/c1-17-4-8-20(9-5-17)22-16-27-23(13-19-3-2-12-26-15-19)28-24(22)21-10-6-18(14-25)7-11-21/h4-11,16,19,26H,2-3,12-13,15H2,1H3. The second kappa shape index (κ2) is 8.33. The molecule has 2 heterocycles. The Kier molecular flexibility index (Phi) is 5.45. The Hall–Kier alpha value is -3.03. The largest absolute Gasteiger partial charge is 0.316 e. The number of benzene rings is 2. The van der Waals surface area contributed by atoms with Crippen LogP contribution >= 0.6 is 0 Å². The van der Waals surface area contributed by atoms with Gasteiger partial charge in [-0.25, -0.2) is 9.97 Å². The predicted octanol–water partition coefficient (Wildman–Crippen LogP) is 4.53. The first-order valence-electron chi connectivity index (χ1n) is 9.87. The molecule has 4 rings (SSSR count). The van der Waals surface area contributed by atoms with Gasteiger partial charge in [0.1, 0.15) is 5.82 Å². The smallest absolute Gasteiger partial charge is 0.129 e. The molecule has 1 aliphatic rings. The van der Waals surface area contributed by atoms with Crippen molar-refractivity contribution in [1.29, 1.82) is 5.26 Å². The molecule has 28 heavy (non-hydrogen) atoms. The van der Waals surface area contributed by atoms with Crippen LogP contribution in [0.5, 0.6) is 0 Å². The van der Waals surface area contributed by atoms with Gasteiger partial charge in [-0.2, -0.15) is 5.26 Å². The first-order chi connectivity index (χ1) is 13.7. The van der Waals surface area contributed by atoms with Crippen LogP contribution in [0, 0.1) is 24.2 Å². The van der Waals surface area contributed by atoms with Gasteiger partial charge in [-0.15, -0.1) is 0 Å². The van der Waals surface area contributed by atoms with Crippen LogP contribution in [0.15, 0.2) is 54.7 Å². The molecular weight excluding hydrogens is 344 g/mol. The molecule has 4 heteroatoms. The van der Waals surface area contributed by atoms with Crippen LogP contribution in [0.3, 0.4) is 0 Å². The van der Waals surface area contributed by atoms with Gasteiger partial charge < -0.3 is 5.32 Å². The van der Waals surface area contributed by atoms with Crippen LogP contribution in [0.25, 0.3) is 22.4 Å². The highest BCUT2D eigenvalue weighted by atomic mass is 14.9. The molecule has 0 spiro atoms. The normalized spacial score (nSPS) is 16.5. The molecule has 0 aliphatic carbocycles. The maximum absolute atomic E-state index is 9.10. The fraction of sp³-hybridized carbons (Fsp3) is 0.292. The van der Waals surface area contributed by atoms with Crippen molar-refractivity contribution in [3.05, 3.63) is 71.7 Å². The van der Waals surface area contributed by atoms with Gasteiger partial charge in [0, 0.05) is 23.7 Å². The summed E-state index contributed by atoms with van der Waals surface area (Å²) in [6.07, 6.45) is 5.29. The van der Waals surface area contributed by atoms with Crippen LogP contribution < -0.4 is 5.32 Å². The summed E-state index contributed by atoms with van der Waals surface area (Å²) in [5.41, 5.74) is 5.96. The molecule has 0 bridgehead atoms. The number of rotatable bonds is 4. The molecule has 1 atom stereocenters. The monoisotopic (exact) mass is 368 g/mol. The summed E-state index contributed by atoms with van der Waals surface area (Å²) >= 11 is 0. The Morgan fingerprint density at radius 3 is 2.50 bits per heavy atom. The molecule has 0 saturated carbocycles. The Bertz CT molecular complexity index is 979. The SMILES string of the molecule is Cc1ccc(-c2cnc(CC3CCCNC3)nc2-c2ccc(C#N)cc2)cc1. The summed E-state index contributed by atoms with van der Waals surface area (Å²) < 4.78 is 0. The number of hydrogen-bond acceptors (Lipinski definition) is 4. The van der Waals surface area contributed by atoms with Crippen LogP contribution in [0.4, 0.5) is 0 Å². The Morgan fingerprint density at radius 1 is 1.07 bits per heavy atom. The van der Waals surface area contributed by atoms with E-state index < -0.39 is 0 Å². The maximum atomic E-state index is 9.10. The van der Waals surface area contributed by atoms with Gasteiger partial charge in [0.05, 0.1) is 17.3 Å². The second-order valence-electron chi connectivity index (χ2n) is 7.52. The molecule has 1 saturated heterocycles. The minimum atomic E-state index is 0.591. The number of aromatic nitrogens is 2. The highest BCUT2D eigenvalue weighted by molar-refractivity contribution is 5.80. The number of nitrogens with zero attached hydrogens (tertiary/aromatic N) is 3. The lowest BCUT2D eigenvalue weighted by Crippen LogP contribution is -2.31. The topological polar surface area (TPSA) is 61.6 Å². The third-order valence-electron chi connectivity index (χ3n) is 5.36. The quantitative estimate of drug-likeness (QED) is 0.735. The minimum absolute atomic E-state index is 0.591. The Morgan fingerprint density at radius 2 is 1.82 bits per heavy atom. The van der Waals surface area contributed by atoms with Crippen molar-refractivity contribution in [3.8, 4) is 28.5 Å². The fourth-order valence-corrected chi connectivity index (χ4v) is 3.74. The first kappa shape index (κ1) is 18.3. The molecule has 3 aromatic rings.